The number of amides is 1. The van der Waals surface area contributed by atoms with Gasteiger partial charge in [0.2, 0.25) is 0 Å². The van der Waals surface area contributed by atoms with Crippen LogP contribution < -0.4 is 10.1 Å². The molecule has 0 radical (unpaired) electrons. The zero-order valence-electron chi connectivity index (χ0n) is 12.6. The van der Waals surface area contributed by atoms with Crippen molar-refractivity contribution < 1.29 is 9.53 Å². The minimum absolute atomic E-state index is 0.293. The summed E-state index contributed by atoms with van der Waals surface area (Å²) in [6.07, 6.45) is 0. The van der Waals surface area contributed by atoms with Gasteiger partial charge in [-0.05, 0) is 29.7 Å². The molecule has 0 aliphatic heterocycles. The molecule has 0 aromatic heterocycles. The van der Waals surface area contributed by atoms with Gasteiger partial charge in [-0.15, -0.1) is 0 Å². The molecule has 0 aliphatic carbocycles. The summed E-state index contributed by atoms with van der Waals surface area (Å²) in [6, 6.07) is 10.8. The number of carbonyl (C=O) groups excluding carboxylic acids is 1. The third-order valence-corrected chi connectivity index (χ3v) is 3.79. The first-order valence-corrected chi connectivity index (χ1v) is 7.63. The average Bonchev–Trinajstić information content (AvgIpc) is 2.46. The van der Waals surface area contributed by atoms with E-state index in [0.29, 0.717) is 27.3 Å². The van der Waals surface area contributed by atoms with E-state index in [4.69, 9.17) is 27.9 Å². The lowest BCUT2D eigenvalue weighted by Crippen LogP contribution is -2.15. The van der Waals surface area contributed by atoms with Crippen molar-refractivity contribution >= 4 is 34.8 Å². The van der Waals surface area contributed by atoms with Crippen LogP contribution in [0.4, 0.5) is 5.69 Å². The van der Waals surface area contributed by atoms with Gasteiger partial charge in [0.05, 0.1) is 17.7 Å². The molecule has 2 aromatic rings. The fourth-order valence-corrected chi connectivity index (χ4v) is 2.81. The Morgan fingerprint density at radius 2 is 1.86 bits per heavy atom. The van der Waals surface area contributed by atoms with E-state index in [1.165, 1.54) is 7.11 Å². The maximum atomic E-state index is 12.6. The van der Waals surface area contributed by atoms with Gasteiger partial charge in [0.1, 0.15) is 5.75 Å². The number of rotatable bonds is 4. The number of nitrogens with one attached hydrogen (secondary N) is 1. The van der Waals surface area contributed by atoms with Crippen LogP contribution in [0.1, 0.15) is 35.7 Å². The number of benzene rings is 2. The smallest absolute Gasteiger partial charge is 0.259 e. The van der Waals surface area contributed by atoms with Crippen molar-refractivity contribution in [1.29, 1.82) is 0 Å². The van der Waals surface area contributed by atoms with Gasteiger partial charge in [0.25, 0.3) is 5.91 Å². The number of halogens is 2. The number of ether oxygens (including phenoxy) is 1. The summed E-state index contributed by atoms with van der Waals surface area (Å²) in [5.41, 5.74) is 2.13. The Hall–Kier alpha value is -1.71. The Morgan fingerprint density at radius 3 is 2.50 bits per heavy atom. The van der Waals surface area contributed by atoms with Crippen LogP contribution in [-0.4, -0.2) is 13.0 Å². The molecule has 0 unspecified atom stereocenters. The summed E-state index contributed by atoms with van der Waals surface area (Å²) in [5.74, 6) is 0.293. The highest BCUT2D eigenvalue weighted by molar-refractivity contribution is 6.36. The largest absolute Gasteiger partial charge is 0.494 e. The highest BCUT2D eigenvalue weighted by Gasteiger charge is 2.18. The first-order valence-electron chi connectivity index (χ1n) is 6.87. The van der Waals surface area contributed by atoms with E-state index >= 15 is 0 Å². The van der Waals surface area contributed by atoms with Gasteiger partial charge in [-0.2, -0.15) is 0 Å². The molecule has 5 heteroatoms. The summed E-state index contributed by atoms with van der Waals surface area (Å²) in [6.45, 7) is 4.14. The summed E-state index contributed by atoms with van der Waals surface area (Å²) < 4.78 is 5.22. The van der Waals surface area contributed by atoms with Gasteiger partial charge in [-0.25, -0.2) is 0 Å². The van der Waals surface area contributed by atoms with Crippen molar-refractivity contribution in [3.05, 3.63) is 57.6 Å². The number of anilines is 1. The number of methoxy groups -OCH3 is 1. The molecule has 1 amide bonds. The van der Waals surface area contributed by atoms with Crippen LogP contribution in [0.3, 0.4) is 0 Å². The molecule has 3 nitrogen and oxygen atoms in total. The number of hydrogen-bond donors (Lipinski definition) is 1. The monoisotopic (exact) mass is 337 g/mol. The Morgan fingerprint density at radius 1 is 1.18 bits per heavy atom. The summed E-state index contributed by atoms with van der Waals surface area (Å²) in [5, 5.41) is 3.59. The molecule has 2 rings (SSSR count). The number of carbonyl (C=O) groups is 1. The Kier molecular flexibility index (Phi) is 5.33. The molecule has 0 saturated heterocycles. The van der Waals surface area contributed by atoms with Crippen molar-refractivity contribution in [2.75, 3.05) is 12.4 Å². The highest BCUT2D eigenvalue weighted by Crippen LogP contribution is 2.33. The second-order valence-electron chi connectivity index (χ2n) is 5.16. The SMILES string of the molecule is COc1c(Cl)cc(Cl)cc1C(=O)Nc1ccccc1C(C)C. The van der Waals surface area contributed by atoms with Crippen molar-refractivity contribution in [2.24, 2.45) is 0 Å². The van der Waals surface area contributed by atoms with Crippen molar-refractivity contribution in [1.82, 2.24) is 0 Å². The van der Waals surface area contributed by atoms with Gasteiger partial charge >= 0.3 is 0 Å². The standard InChI is InChI=1S/C17H17Cl2NO2/c1-10(2)12-6-4-5-7-15(12)20-17(21)13-8-11(18)9-14(19)16(13)22-3/h4-10H,1-3H3,(H,20,21). The lowest BCUT2D eigenvalue weighted by atomic mass is 10.0. The number of para-hydroxylation sites is 1. The van der Waals surface area contributed by atoms with E-state index in [2.05, 4.69) is 19.2 Å². The molecular weight excluding hydrogens is 321 g/mol. The molecule has 0 aliphatic rings. The minimum Gasteiger partial charge on any atom is -0.494 e. The lowest BCUT2D eigenvalue weighted by Gasteiger charge is -2.15. The van der Waals surface area contributed by atoms with E-state index in [9.17, 15) is 4.79 Å². The zero-order chi connectivity index (χ0) is 16.3. The predicted octanol–water partition coefficient (Wildman–Crippen LogP) is 5.38. The maximum absolute atomic E-state index is 12.6. The van der Waals surface area contributed by atoms with Crippen LogP contribution in [-0.2, 0) is 0 Å². The molecule has 1 N–H and O–H groups in total. The van der Waals surface area contributed by atoms with Crippen LogP contribution in [0, 0.1) is 0 Å². The lowest BCUT2D eigenvalue weighted by molar-refractivity contribution is 0.102. The number of hydrogen-bond acceptors (Lipinski definition) is 2. The third-order valence-electron chi connectivity index (χ3n) is 3.29. The fraction of sp³-hybridized carbons (Fsp3) is 0.235. The average molecular weight is 338 g/mol. The van der Waals surface area contributed by atoms with E-state index in [1.54, 1.807) is 12.1 Å². The van der Waals surface area contributed by atoms with E-state index in [1.807, 2.05) is 24.3 Å². The van der Waals surface area contributed by atoms with Gasteiger partial charge in [0.15, 0.2) is 0 Å². The highest BCUT2D eigenvalue weighted by atomic mass is 35.5. The van der Waals surface area contributed by atoms with Crippen molar-refractivity contribution in [3.8, 4) is 5.75 Å². The van der Waals surface area contributed by atoms with Crippen LogP contribution in [0.2, 0.25) is 10.0 Å². The minimum atomic E-state index is -0.311. The van der Waals surface area contributed by atoms with E-state index in [0.717, 1.165) is 11.3 Å². The predicted molar refractivity (Wildman–Crippen MR) is 91.5 cm³/mol. The topological polar surface area (TPSA) is 38.3 Å². The van der Waals surface area contributed by atoms with E-state index < -0.39 is 0 Å². The summed E-state index contributed by atoms with van der Waals surface area (Å²) in [4.78, 5) is 12.6. The van der Waals surface area contributed by atoms with Crippen LogP contribution in [0.25, 0.3) is 0 Å². The molecular formula is C17H17Cl2NO2. The van der Waals surface area contributed by atoms with Gasteiger partial charge in [0, 0.05) is 10.7 Å². The van der Waals surface area contributed by atoms with Gasteiger partial charge in [-0.3, -0.25) is 4.79 Å². The second kappa shape index (κ2) is 7.03. The molecule has 22 heavy (non-hydrogen) atoms. The zero-order valence-corrected chi connectivity index (χ0v) is 14.1. The normalized spacial score (nSPS) is 10.6. The van der Waals surface area contributed by atoms with Crippen molar-refractivity contribution in [2.45, 2.75) is 19.8 Å². The molecule has 0 heterocycles. The molecule has 0 fully saturated rings. The fourth-order valence-electron chi connectivity index (χ4n) is 2.24. The first kappa shape index (κ1) is 16.7. The second-order valence-corrected chi connectivity index (χ2v) is 6.01. The van der Waals surface area contributed by atoms with E-state index in [-0.39, 0.29) is 5.91 Å². The van der Waals surface area contributed by atoms with Crippen LogP contribution in [0.15, 0.2) is 36.4 Å². The molecule has 0 atom stereocenters. The Balaban J connectivity index is 2.39. The molecule has 0 bridgehead atoms. The molecule has 0 spiro atoms. The van der Waals surface area contributed by atoms with Crippen LogP contribution in [0.5, 0.6) is 5.75 Å². The van der Waals surface area contributed by atoms with Crippen LogP contribution >= 0.6 is 23.2 Å². The summed E-state index contributed by atoms with van der Waals surface area (Å²) in [7, 11) is 1.47. The quantitative estimate of drug-likeness (QED) is 0.813. The van der Waals surface area contributed by atoms with Gasteiger partial charge in [-0.1, -0.05) is 55.2 Å². The first-order chi connectivity index (χ1) is 10.4. The Labute approximate surface area is 140 Å². The Bertz CT molecular complexity index is 699. The molecule has 116 valence electrons. The third kappa shape index (κ3) is 3.54. The molecule has 2 aromatic carbocycles. The molecule has 0 saturated carbocycles. The maximum Gasteiger partial charge on any atom is 0.259 e. The summed E-state index contributed by atoms with van der Waals surface area (Å²) >= 11 is 12.1. The van der Waals surface area contributed by atoms with Crippen molar-refractivity contribution in [3.63, 3.8) is 0 Å². The van der Waals surface area contributed by atoms with Gasteiger partial charge < -0.3 is 10.1 Å².